The molecule has 0 aliphatic carbocycles. The normalized spacial score (nSPS) is 10.2. The Bertz CT molecular complexity index is 641. The maximum Gasteiger partial charge on any atom is 0.258 e. The number of carbonyl (C=O) groups is 1. The average Bonchev–Trinajstić information content (AvgIpc) is 2.57. The summed E-state index contributed by atoms with van der Waals surface area (Å²) in [7, 11) is 2.01. The van der Waals surface area contributed by atoms with Gasteiger partial charge in [0, 0.05) is 25.8 Å². The van der Waals surface area contributed by atoms with Gasteiger partial charge in [-0.3, -0.25) is 4.79 Å². The summed E-state index contributed by atoms with van der Waals surface area (Å²) in [5.41, 5.74) is 3.37. The zero-order valence-electron chi connectivity index (χ0n) is 14.0. The van der Waals surface area contributed by atoms with Crippen molar-refractivity contribution in [2.45, 2.75) is 13.8 Å². The van der Waals surface area contributed by atoms with Gasteiger partial charge in [0.25, 0.3) is 5.91 Å². The third-order valence-electron chi connectivity index (χ3n) is 3.88. The molecule has 4 heteroatoms. The lowest BCUT2D eigenvalue weighted by Crippen LogP contribution is -2.35. The Hall–Kier alpha value is -2.49. The van der Waals surface area contributed by atoms with Crippen molar-refractivity contribution in [3.8, 4) is 5.75 Å². The highest BCUT2D eigenvalue weighted by atomic mass is 16.5. The zero-order chi connectivity index (χ0) is 16.7. The third-order valence-corrected chi connectivity index (χ3v) is 3.88. The van der Waals surface area contributed by atoms with Gasteiger partial charge < -0.3 is 15.0 Å². The first-order chi connectivity index (χ1) is 11.1. The topological polar surface area (TPSA) is 41.6 Å². The quantitative estimate of drug-likeness (QED) is 0.854. The number of amides is 1. The minimum atomic E-state index is -0.104. The molecule has 0 saturated carbocycles. The second kappa shape index (κ2) is 8.22. The van der Waals surface area contributed by atoms with Crippen LogP contribution in [-0.4, -0.2) is 32.7 Å². The van der Waals surface area contributed by atoms with Crippen molar-refractivity contribution in [1.82, 2.24) is 5.32 Å². The fourth-order valence-electron chi connectivity index (χ4n) is 2.25. The fourth-order valence-corrected chi connectivity index (χ4v) is 2.25. The number of anilines is 1. The first-order valence-electron chi connectivity index (χ1n) is 7.80. The van der Waals surface area contributed by atoms with Crippen LogP contribution in [0.2, 0.25) is 0 Å². The van der Waals surface area contributed by atoms with E-state index in [9.17, 15) is 4.79 Å². The van der Waals surface area contributed by atoms with Gasteiger partial charge in [-0.05, 0) is 43.2 Å². The van der Waals surface area contributed by atoms with Crippen LogP contribution in [0.5, 0.6) is 5.75 Å². The second-order valence-corrected chi connectivity index (χ2v) is 5.59. The molecule has 0 aromatic heterocycles. The molecule has 23 heavy (non-hydrogen) atoms. The lowest BCUT2D eigenvalue weighted by atomic mass is 10.1. The molecule has 0 saturated heterocycles. The summed E-state index contributed by atoms with van der Waals surface area (Å²) >= 11 is 0. The molecule has 0 unspecified atom stereocenters. The number of nitrogens with one attached hydrogen (secondary N) is 1. The van der Waals surface area contributed by atoms with Gasteiger partial charge in [-0.15, -0.1) is 0 Å². The highest BCUT2D eigenvalue weighted by molar-refractivity contribution is 5.77. The number of benzene rings is 2. The summed E-state index contributed by atoms with van der Waals surface area (Å²) in [4.78, 5) is 14.0. The summed E-state index contributed by atoms with van der Waals surface area (Å²) in [5, 5.41) is 2.88. The standard InChI is InChI=1S/C19H24N2O2/c1-15-8-7-11-18(16(15)2)23-14-19(22)20-12-13-21(3)17-9-5-4-6-10-17/h4-11H,12-14H2,1-3H3,(H,20,22). The third kappa shape index (κ3) is 5.02. The number of rotatable bonds is 7. The van der Waals surface area contributed by atoms with Crippen LogP contribution in [0.15, 0.2) is 48.5 Å². The van der Waals surface area contributed by atoms with Crippen molar-refractivity contribution in [1.29, 1.82) is 0 Å². The van der Waals surface area contributed by atoms with Crippen molar-refractivity contribution in [2.75, 3.05) is 31.6 Å². The first-order valence-corrected chi connectivity index (χ1v) is 7.80. The molecular formula is C19H24N2O2. The molecule has 1 N–H and O–H groups in total. The number of likely N-dealkylation sites (N-methyl/N-ethyl adjacent to an activating group) is 1. The van der Waals surface area contributed by atoms with Crippen molar-refractivity contribution in [3.63, 3.8) is 0 Å². The van der Waals surface area contributed by atoms with Crippen LogP contribution < -0.4 is 15.0 Å². The van der Waals surface area contributed by atoms with E-state index in [0.29, 0.717) is 6.54 Å². The van der Waals surface area contributed by atoms with Crippen molar-refractivity contribution < 1.29 is 9.53 Å². The van der Waals surface area contributed by atoms with E-state index in [0.717, 1.165) is 29.1 Å². The fraction of sp³-hybridized carbons (Fsp3) is 0.316. The largest absolute Gasteiger partial charge is 0.483 e. The maximum absolute atomic E-state index is 11.9. The molecule has 2 aromatic rings. The van der Waals surface area contributed by atoms with Crippen LogP contribution in [0.25, 0.3) is 0 Å². The number of hydrogen-bond acceptors (Lipinski definition) is 3. The van der Waals surface area contributed by atoms with Gasteiger partial charge in [0.2, 0.25) is 0 Å². The minimum absolute atomic E-state index is 0.0410. The molecule has 0 atom stereocenters. The predicted octanol–water partition coefficient (Wildman–Crippen LogP) is 2.93. The van der Waals surface area contributed by atoms with Gasteiger partial charge in [-0.2, -0.15) is 0 Å². The van der Waals surface area contributed by atoms with E-state index in [4.69, 9.17) is 4.74 Å². The van der Waals surface area contributed by atoms with Crippen molar-refractivity contribution in [3.05, 3.63) is 59.7 Å². The van der Waals surface area contributed by atoms with E-state index in [1.807, 2.05) is 69.4 Å². The molecule has 0 heterocycles. The van der Waals surface area contributed by atoms with Gasteiger partial charge in [-0.25, -0.2) is 0 Å². The Morgan fingerprint density at radius 1 is 1.09 bits per heavy atom. The highest BCUT2D eigenvalue weighted by Gasteiger charge is 2.06. The van der Waals surface area contributed by atoms with E-state index >= 15 is 0 Å². The number of aryl methyl sites for hydroxylation is 1. The van der Waals surface area contributed by atoms with Crippen LogP contribution in [0.4, 0.5) is 5.69 Å². The van der Waals surface area contributed by atoms with Crippen molar-refractivity contribution >= 4 is 11.6 Å². The van der Waals surface area contributed by atoms with E-state index in [-0.39, 0.29) is 12.5 Å². The van der Waals surface area contributed by atoms with Gasteiger partial charge in [0.1, 0.15) is 5.75 Å². The molecule has 2 rings (SSSR count). The van der Waals surface area contributed by atoms with Crippen LogP contribution >= 0.6 is 0 Å². The molecular weight excluding hydrogens is 288 g/mol. The summed E-state index contributed by atoms with van der Waals surface area (Å²) < 4.78 is 5.60. The molecule has 1 amide bonds. The molecule has 2 aromatic carbocycles. The Kier molecular flexibility index (Phi) is 6.03. The lowest BCUT2D eigenvalue weighted by molar-refractivity contribution is -0.123. The van der Waals surface area contributed by atoms with Crippen LogP contribution in [0.1, 0.15) is 11.1 Å². The number of nitrogens with zero attached hydrogens (tertiary/aromatic N) is 1. The Balaban J connectivity index is 1.72. The van der Waals surface area contributed by atoms with E-state index in [1.54, 1.807) is 0 Å². The van der Waals surface area contributed by atoms with E-state index < -0.39 is 0 Å². The van der Waals surface area contributed by atoms with Gasteiger partial charge in [0.05, 0.1) is 0 Å². The zero-order valence-corrected chi connectivity index (χ0v) is 14.0. The number of para-hydroxylation sites is 1. The Morgan fingerprint density at radius 2 is 1.83 bits per heavy atom. The average molecular weight is 312 g/mol. The van der Waals surface area contributed by atoms with Gasteiger partial charge >= 0.3 is 0 Å². The van der Waals surface area contributed by atoms with Gasteiger partial charge in [-0.1, -0.05) is 30.3 Å². The van der Waals surface area contributed by atoms with Gasteiger partial charge in [0.15, 0.2) is 6.61 Å². The molecule has 0 spiro atoms. The first kappa shape index (κ1) is 16.9. The van der Waals surface area contributed by atoms with Crippen molar-refractivity contribution in [2.24, 2.45) is 0 Å². The van der Waals surface area contributed by atoms with Crippen LogP contribution in [0.3, 0.4) is 0 Å². The molecule has 4 nitrogen and oxygen atoms in total. The molecule has 0 aliphatic heterocycles. The number of ether oxygens (including phenoxy) is 1. The molecule has 0 aliphatic rings. The summed E-state index contributed by atoms with van der Waals surface area (Å²) in [6, 6.07) is 15.9. The summed E-state index contributed by atoms with van der Waals surface area (Å²) in [6.07, 6.45) is 0. The Morgan fingerprint density at radius 3 is 2.57 bits per heavy atom. The highest BCUT2D eigenvalue weighted by Crippen LogP contribution is 2.20. The summed E-state index contributed by atoms with van der Waals surface area (Å²) in [6.45, 7) is 5.40. The monoisotopic (exact) mass is 312 g/mol. The molecule has 0 fully saturated rings. The second-order valence-electron chi connectivity index (χ2n) is 5.59. The molecule has 0 radical (unpaired) electrons. The van der Waals surface area contributed by atoms with Crippen LogP contribution in [-0.2, 0) is 4.79 Å². The smallest absolute Gasteiger partial charge is 0.258 e. The summed E-state index contributed by atoms with van der Waals surface area (Å²) in [5.74, 6) is 0.661. The molecule has 122 valence electrons. The SMILES string of the molecule is Cc1cccc(OCC(=O)NCCN(C)c2ccccc2)c1C. The molecule has 0 bridgehead atoms. The maximum atomic E-state index is 11.9. The number of hydrogen-bond donors (Lipinski definition) is 1. The minimum Gasteiger partial charge on any atom is -0.483 e. The number of carbonyl (C=O) groups excluding carboxylic acids is 1. The Labute approximate surface area is 138 Å². The van der Waals surface area contributed by atoms with E-state index in [1.165, 1.54) is 0 Å². The predicted molar refractivity (Wildman–Crippen MR) is 94.1 cm³/mol. The van der Waals surface area contributed by atoms with E-state index in [2.05, 4.69) is 10.2 Å². The lowest BCUT2D eigenvalue weighted by Gasteiger charge is -2.19. The van der Waals surface area contributed by atoms with Crippen LogP contribution in [0, 0.1) is 13.8 Å².